The van der Waals surface area contributed by atoms with Gasteiger partial charge in [0, 0.05) is 32.1 Å². The molecule has 0 saturated carbocycles. The summed E-state index contributed by atoms with van der Waals surface area (Å²) >= 11 is 0. The van der Waals surface area contributed by atoms with Crippen LogP contribution < -0.4 is 21.5 Å². The molecule has 2 aliphatic rings. The maximum atomic E-state index is 15.3. The Bertz CT molecular complexity index is 1680. The number of nitrogens with zero attached hydrogens (tertiary/aromatic N) is 3. The van der Waals surface area contributed by atoms with Crippen LogP contribution in [0.15, 0.2) is 46.0 Å². The van der Waals surface area contributed by atoms with Gasteiger partial charge in [-0.1, -0.05) is 12.1 Å². The van der Waals surface area contributed by atoms with Gasteiger partial charge in [0.25, 0.3) is 11.5 Å². The number of ether oxygens (including phenoxy) is 2. The van der Waals surface area contributed by atoms with Gasteiger partial charge in [0.2, 0.25) is 6.43 Å². The number of amides is 1. The number of alkyl halides is 2. The normalized spacial score (nSPS) is 17.0. The number of anilines is 1. The van der Waals surface area contributed by atoms with Crippen molar-refractivity contribution in [1.82, 2.24) is 14.5 Å². The smallest absolute Gasteiger partial charge is 0.335 e. The molecule has 2 N–H and O–H groups in total. The Hall–Kier alpha value is -4.43. The van der Waals surface area contributed by atoms with Gasteiger partial charge in [-0.15, -0.1) is 0 Å². The number of carbonyl (C=O) groups is 2. The minimum atomic E-state index is -2.58. The van der Waals surface area contributed by atoms with Crippen LogP contribution in [0.2, 0.25) is 0 Å². The van der Waals surface area contributed by atoms with Crippen LogP contribution in [0.4, 0.5) is 18.9 Å². The Kier molecular flexibility index (Phi) is 8.92. The summed E-state index contributed by atoms with van der Waals surface area (Å²) in [5.41, 5.74) is 0.786. The van der Waals surface area contributed by atoms with E-state index < -0.39 is 53.9 Å². The highest BCUT2D eigenvalue weighted by Crippen LogP contribution is 2.28. The van der Waals surface area contributed by atoms with E-state index in [9.17, 15) is 33.1 Å². The van der Waals surface area contributed by atoms with Gasteiger partial charge in [-0.25, -0.2) is 27.3 Å². The molecule has 2 aliphatic heterocycles. The molecule has 1 fully saturated rings. The number of carbonyl (C=O) groups excluding carboxylic acids is 1. The van der Waals surface area contributed by atoms with E-state index in [1.54, 1.807) is 11.9 Å². The molecule has 1 amide bonds. The van der Waals surface area contributed by atoms with Crippen molar-refractivity contribution in [2.45, 2.75) is 51.5 Å². The van der Waals surface area contributed by atoms with Crippen LogP contribution in [0.3, 0.4) is 0 Å². The molecule has 3 heterocycles. The van der Waals surface area contributed by atoms with Crippen LogP contribution in [0.5, 0.6) is 0 Å². The van der Waals surface area contributed by atoms with Crippen molar-refractivity contribution in [1.29, 1.82) is 0 Å². The Morgan fingerprint density at radius 2 is 1.82 bits per heavy atom. The predicted molar refractivity (Wildman–Crippen MR) is 152 cm³/mol. The first-order chi connectivity index (χ1) is 21.0. The second kappa shape index (κ2) is 12.7. The van der Waals surface area contributed by atoms with E-state index >= 15 is 4.39 Å². The van der Waals surface area contributed by atoms with Gasteiger partial charge in [-0.2, -0.15) is 0 Å². The maximum absolute atomic E-state index is 15.3. The number of benzene rings is 2. The Morgan fingerprint density at radius 1 is 1.09 bits per heavy atom. The van der Waals surface area contributed by atoms with Crippen molar-refractivity contribution in [2.75, 3.05) is 24.7 Å². The summed E-state index contributed by atoms with van der Waals surface area (Å²) in [5, 5.41) is 12.2. The molecule has 2 aromatic carbocycles. The molecule has 1 aromatic heterocycles. The molecule has 0 aliphatic carbocycles. The molecular formula is C30H31F3N4O7. The first-order valence-corrected chi connectivity index (χ1v) is 13.9. The summed E-state index contributed by atoms with van der Waals surface area (Å²) in [6.45, 7) is 2.35. The van der Waals surface area contributed by atoms with Crippen molar-refractivity contribution >= 4 is 17.6 Å². The lowest BCUT2D eigenvalue weighted by molar-refractivity contribution is -0.139. The zero-order chi connectivity index (χ0) is 31.7. The van der Waals surface area contributed by atoms with Crippen LogP contribution in [0.25, 0.3) is 5.69 Å². The first-order valence-electron chi connectivity index (χ1n) is 13.9. The fourth-order valence-electron chi connectivity index (χ4n) is 5.64. The van der Waals surface area contributed by atoms with Gasteiger partial charge in [0.1, 0.15) is 11.9 Å². The minimum absolute atomic E-state index is 0.0597. The third-order valence-corrected chi connectivity index (χ3v) is 7.92. The molecular weight excluding hydrogens is 585 g/mol. The third kappa shape index (κ3) is 6.13. The summed E-state index contributed by atoms with van der Waals surface area (Å²) in [4.78, 5) is 52.6. The number of aromatic nitrogens is 2. The summed E-state index contributed by atoms with van der Waals surface area (Å²) in [6, 6.07) is 6.55. The zero-order valence-electron chi connectivity index (χ0n) is 24.0. The molecule has 44 heavy (non-hydrogen) atoms. The number of halogens is 3. The number of aliphatic carboxylic acids is 1. The van der Waals surface area contributed by atoms with E-state index in [2.05, 4.69) is 5.32 Å². The number of rotatable bonds is 9. The predicted octanol–water partition coefficient (Wildman–Crippen LogP) is 2.30. The Balaban J connectivity index is 1.33. The van der Waals surface area contributed by atoms with Gasteiger partial charge >= 0.3 is 11.7 Å². The van der Waals surface area contributed by atoms with Gasteiger partial charge in [-0.3, -0.25) is 14.2 Å². The lowest BCUT2D eigenvalue weighted by Crippen LogP contribution is -2.46. The molecule has 5 rings (SSSR count). The number of aryl methyl sites for hydroxylation is 1. The maximum Gasteiger partial charge on any atom is 0.335 e. The molecule has 1 saturated heterocycles. The highest BCUT2D eigenvalue weighted by Gasteiger charge is 2.29. The molecule has 14 heteroatoms. The fraction of sp³-hybridized carbons (Fsp3) is 0.400. The van der Waals surface area contributed by atoms with E-state index in [-0.39, 0.29) is 56.2 Å². The van der Waals surface area contributed by atoms with Crippen LogP contribution >= 0.6 is 0 Å². The molecule has 2 atom stereocenters. The van der Waals surface area contributed by atoms with E-state index in [0.717, 1.165) is 10.6 Å². The minimum Gasteiger partial charge on any atom is -0.480 e. The number of carboxylic acid groups (broad SMARTS) is 1. The zero-order valence-corrected chi connectivity index (χ0v) is 24.0. The fourth-order valence-corrected chi connectivity index (χ4v) is 5.64. The van der Waals surface area contributed by atoms with Crippen molar-refractivity contribution < 1.29 is 37.3 Å². The monoisotopic (exact) mass is 616 g/mol. The number of fused-ring (bicyclic) bond motifs is 1. The lowest BCUT2D eigenvalue weighted by atomic mass is 10.0. The third-order valence-electron chi connectivity index (χ3n) is 7.92. The molecule has 0 spiro atoms. The summed E-state index contributed by atoms with van der Waals surface area (Å²) in [6.07, 6.45) is -3.21. The summed E-state index contributed by atoms with van der Waals surface area (Å²) < 4.78 is 54.4. The van der Waals surface area contributed by atoms with Crippen LogP contribution in [-0.2, 0) is 41.0 Å². The number of carboxylic acids is 1. The topological polar surface area (TPSA) is 132 Å². The quantitative estimate of drug-likeness (QED) is 0.375. The van der Waals surface area contributed by atoms with Crippen LogP contribution in [0, 0.1) is 12.7 Å². The second-order valence-electron chi connectivity index (χ2n) is 10.8. The molecule has 0 radical (unpaired) electrons. The van der Waals surface area contributed by atoms with Crippen LogP contribution in [-0.4, -0.2) is 64.4 Å². The van der Waals surface area contributed by atoms with Gasteiger partial charge in [0.15, 0.2) is 0 Å². The standard InChI is InChI=1S/C30H31F3N4O7/c1-16-9-19(36-7-8-43-13-20(36)12-25(32)33)11-22(31)26(16)27(38)34-23(29(40)41)10-17-3-5-18(6-4-17)37-28(39)21-14-44-15-24(21)35(2)30(37)42/h3-6,9,11,20,23,25H,7-8,10,12-15H2,1-2H3,(H,34,38)(H,40,41)/t20-,23-/m0/s1. The van der Waals surface area contributed by atoms with E-state index in [1.807, 2.05) is 0 Å². The van der Waals surface area contributed by atoms with E-state index in [4.69, 9.17) is 9.47 Å². The number of nitrogens with one attached hydrogen (secondary N) is 1. The number of morpholine rings is 1. The lowest BCUT2D eigenvalue weighted by Gasteiger charge is -2.37. The molecule has 234 valence electrons. The van der Waals surface area contributed by atoms with Gasteiger partial charge in [0.05, 0.1) is 55.0 Å². The Morgan fingerprint density at radius 3 is 2.48 bits per heavy atom. The van der Waals surface area contributed by atoms with Crippen molar-refractivity contribution in [3.63, 3.8) is 0 Å². The number of hydrogen-bond acceptors (Lipinski definition) is 7. The Labute approximate surface area is 249 Å². The highest BCUT2D eigenvalue weighted by molar-refractivity contribution is 5.98. The SMILES string of the molecule is Cc1cc(N2CCOC[C@@H]2CC(F)F)cc(F)c1C(=O)N[C@@H](Cc1ccc(-n2c(=O)c3c(n(C)c2=O)COC3)cc1)C(=O)O. The molecule has 0 unspecified atom stereocenters. The second-order valence-corrected chi connectivity index (χ2v) is 10.8. The van der Waals surface area contributed by atoms with Gasteiger partial charge < -0.3 is 24.8 Å². The highest BCUT2D eigenvalue weighted by atomic mass is 19.3. The molecule has 0 bridgehead atoms. The van der Waals surface area contributed by atoms with Crippen molar-refractivity contribution in [3.05, 3.63) is 91.0 Å². The average Bonchev–Trinajstić information content (AvgIpc) is 3.47. The summed E-state index contributed by atoms with van der Waals surface area (Å²) in [7, 11) is 1.55. The molecule has 3 aromatic rings. The van der Waals surface area contributed by atoms with Crippen molar-refractivity contribution in [3.8, 4) is 5.69 Å². The van der Waals surface area contributed by atoms with Crippen molar-refractivity contribution in [2.24, 2.45) is 7.05 Å². The van der Waals surface area contributed by atoms with Crippen LogP contribution in [0.1, 0.15) is 39.2 Å². The molecule has 11 nitrogen and oxygen atoms in total. The number of hydrogen-bond donors (Lipinski definition) is 2. The summed E-state index contributed by atoms with van der Waals surface area (Å²) in [5.74, 6) is -3.22. The average molecular weight is 617 g/mol. The van der Waals surface area contributed by atoms with E-state index in [1.165, 1.54) is 41.8 Å². The largest absolute Gasteiger partial charge is 0.480 e. The first kappa shape index (κ1) is 31.0. The van der Waals surface area contributed by atoms with E-state index in [0.29, 0.717) is 22.5 Å². The van der Waals surface area contributed by atoms with Gasteiger partial charge in [-0.05, 0) is 42.3 Å².